The number of nitrogens with one attached hydrogen (secondary N) is 2. The normalized spacial score (nSPS) is 13.6. The van der Waals surface area contributed by atoms with Gasteiger partial charge in [-0.3, -0.25) is 4.99 Å². The number of anilines is 1. The third kappa shape index (κ3) is 5.14. The molecule has 164 valence electrons. The van der Waals surface area contributed by atoms with Crippen molar-refractivity contribution >= 4 is 29.1 Å². The Hall–Kier alpha value is -3.56. The van der Waals surface area contributed by atoms with Crippen LogP contribution in [0.15, 0.2) is 35.3 Å². The molecule has 0 bridgehead atoms. The Labute approximate surface area is 175 Å². The molecule has 7 nitrogen and oxygen atoms in total. The third-order valence-electron chi connectivity index (χ3n) is 4.77. The van der Waals surface area contributed by atoms with E-state index >= 15 is 0 Å². The topological polar surface area (TPSA) is 108 Å². The Morgan fingerprint density at radius 1 is 1.32 bits per heavy atom. The molecule has 2 aromatic carbocycles. The second-order valence-corrected chi connectivity index (χ2v) is 6.80. The number of methoxy groups -OCH3 is 1. The highest BCUT2D eigenvalue weighted by Gasteiger charge is 2.28. The molecule has 0 spiro atoms. The van der Waals surface area contributed by atoms with Gasteiger partial charge in [0.1, 0.15) is 11.7 Å². The van der Waals surface area contributed by atoms with Gasteiger partial charge in [-0.2, -0.15) is 13.2 Å². The Balaban J connectivity index is 0.000000339. The lowest BCUT2D eigenvalue weighted by molar-refractivity contribution is -0.345. The summed E-state index contributed by atoms with van der Waals surface area (Å²) in [5.74, 6) is -1.88. The quantitative estimate of drug-likeness (QED) is 0.540. The minimum Gasteiger partial charge on any atom is -0.542 e. The SMILES string of the molecule is COc1ccc(CCNc2cc3c4c(c2O)[NH+]=CC=4CCN=3)cc1.O=C([O-])C(F)(F)F. The van der Waals surface area contributed by atoms with Gasteiger partial charge in [-0.05, 0) is 36.6 Å². The fraction of sp³-hybridized carbons (Fsp3) is 0.286. The first-order valence-electron chi connectivity index (χ1n) is 9.39. The van der Waals surface area contributed by atoms with Crippen LogP contribution in [0.2, 0.25) is 0 Å². The van der Waals surface area contributed by atoms with Crippen LogP contribution in [0.25, 0.3) is 5.57 Å². The summed E-state index contributed by atoms with van der Waals surface area (Å²) < 4.78 is 36.7. The summed E-state index contributed by atoms with van der Waals surface area (Å²) in [4.78, 5) is 16.6. The van der Waals surface area contributed by atoms with Crippen molar-refractivity contribution in [3.05, 3.63) is 46.5 Å². The summed E-state index contributed by atoms with van der Waals surface area (Å²) in [6.07, 6.45) is -1.43. The number of phenolic OH excluding ortho intramolecular Hbond substituents is 1. The first-order chi connectivity index (χ1) is 14.7. The van der Waals surface area contributed by atoms with E-state index in [0.717, 1.165) is 53.6 Å². The number of carbonyl (C=O) groups is 1. The molecule has 3 N–H and O–H groups in total. The van der Waals surface area contributed by atoms with Crippen molar-refractivity contribution in [3.63, 3.8) is 0 Å². The first kappa shape index (κ1) is 22.1. The molecule has 0 saturated heterocycles. The lowest BCUT2D eigenvalue weighted by Gasteiger charge is -2.10. The molecule has 0 aliphatic carbocycles. The van der Waals surface area contributed by atoms with Gasteiger partial charge in [-0.25, -0.2) is 4.99 Å². The highest BCUT2D eigenvalue weighted by molar-refractivity contribution is 6.02. The highest BCUT2D eigenvalue weighted by Crippen LogP contribution is 2.26. The molecule has 0 aromatic heterocycles. The number of carbonyl (C=O) groups excluding carboxylic acids is 1. The molecule has 0 atom stereocenters. The number of ether oxygens (including phenoxy) is 1. The number of rotatable bonds is 5. The fourth-order valence-electron chi connectivity index (χ4n) is 3.24. The van der Waals surface area contributed by atoms with E-state index in [1.807, 2.05) is 24.4 Å². The molecule has 2 aromatic rings. The third-order valence-corrected chi connectivity index (χ3v) is 4.77. The number of benzene rings is 2. The van der Waals surface area contributed by atoms with E-state index in [0.29, 0.717) is 0 Å². The number of nitrogens with zero attached hydrogens (tertiary/aromatic N) is 1. The fourth-order valence-corrected chi connectivity index (χ4v) is 3.24. The van der Waals surface area contributed by atoms with Crippen molar-refractivity contribution in [3.8, 4) is 11.5 Å². The average Bonchev–Trinajstić information content (AvgIpc) is 3.17. The van der Waals surface area contributed by atoms with Gasteiger partial charge in [0.05, 0.1) is 23.4 Å². The maximum absolute atomic E-state index is 10.5. The average molecular weight is 435 g/mol. The van der Waals surface area contributed by atoms with Crippen LogP contribution < -0.4 is 30.7 Å². The molecular formula is C21H20F3N3O4. The van der Waals surface area contributed by atoms with Crippen LogP contribution in [-0.2, 0) is 11.2 Å². The second-order valence-electron chi connectivity index (χ2n) is 6.80. The molecule has 2 heterocycles. The van der Waals surface area contributed by atoms with Gasteiger partial charge in [-0.15, -0.1) is 0 Å². The van der Waals surface area contributed by atoms with Gasteiger partial charge in [-0.1, -0.05) is 12.1 Å². The standard InChI is InChI=1S/C19H19N3O2.C2HF3O2/c1-24-14-4-2-12(3-5-14)6-8-21-16-10-15-17-13(7-9-20-15)11-22-18(17)19(16)23;3-2(4,5)1(6)7/h2-5,10-11,21,23H,6-9H2,1H3;(H,6,7). The predicted octanol–water partition coefficient (Wildman–Crippen LogP) is -0.675. The summed E-state index contributed by atoms with van der Waals surface area (Å²) in [6.45, 7) is 1.54. The molecule has 4 rings (SSSR count). The van der Waals surface area contributed by atoms with Crippen molar-refractivity contribution in [1.82, 2.24) is 0 Å². The lowest BCUT2D eigenvalue weighted by atomic mass is 10.1. The second kappa shape index (κ2) is 9.07. The molecule has 10 heteroatoms. The zero-order chi connectivity index (χ0) is 22.6. The van der Waals surface area contributed by atoms with Gasteiger partial charge < -0.3 is 25.1 Å². The molecule has 0 saturated carbocycles. The predicted molar refractivity (Wildman–Crippen MR) is 105 cm³/mol. The van der Waals surface area contributed by atoms with Crippen molar-refractivity contribution in [2.45, 2.75) is 19.0 Å². The van der Waals surface area contributed by atoms with Crippen LogP contribution >= 0.6 is 0 Å². The largest absolute Gasteiger partial charge is 0.542 e. The monoisotopic (exact) mass is 435 g/mol. The van der Waals surface area contributed by atoms with E-state index in [2.05, 4.69) is 27.4 Å². The molecule has 2 aliphatic heterocycles. The molecule has 2 aliphatic rings. The summed E-state index contributed by atoms with van der Waals surface area (Å²) in [5, 5.41) is 24.6. The smallest absolute Gasteiger partial charge is 0.430 e. The van der Waals surface area contributed by atoms with E-state index < -0.39 is 12.1 Å². The van der Waals surface area contributed by atoms with Crippen LogP contribution in [0.5, 0.6) is 11.5 Å². The van der Waals surface area contributed by atoms with Crippen molar-refractivity contribution < 1.29 is 37.9 Å². The molecular weight excluding hydrogens is 415 g/mol. The molecule has 0 radical (unpaired) electrons. The maximum Gasteiger partial charge on any atom is 0.430 e. The summed E-state index contributed by atoms with van der Waals surface area (Å²) in [7, 11) is 1.67. The van der Waals surface area contributed by atoms with E-state index in [4.69, 9.17) is 14.6 Å². The number of hydrogen-bond acceptors (Lipinski definition) is 6. The van der Waals surface area contributed by atoms with Crippen molar-refractivity contribution in [2.24, 2.45) is 4.99 Å². The molecule has 31 heavy (non-hydrogen) atoms. The van der Waals surface area contributed by atoms with Crippen molar-refractivity contribution in [1.29, 1.82) is 0 Å². The number of halogens is 3. The number of aromatic hydroxyl groups is 1. The summed E-state index contributed by atoms with van der Waals surface area (Å²) in [6, 6.07) is 9.98. The minimum atomic E-state index is -5.19. The highest BCUT2D eigenvalue weighted by atomic mass is 19.4. The van der Waals surface area contributed by atoms with Crippen molar-refractivity contribution in [2.75, 3.05) is 25.5 Å². The molecule has 0 fully saturated rings. The zero-order valence-corrected chi connectivity index (χ0v) is 16.5. The van der Waals surface area contributed by atoms with Gasteiger partial charge in [0.25, 0.3) is 5.69 Å². The summed E-state index contributed by atoms with van der Waals surface area (Å²) >= 11 is 0. The number of alkyl halides is 3. The van der Waals surface area contributed by atoms with Gasteiger partial charge in [0.15, 0.2) is 6.21 Å². The summed E-state index contributed by atoms with van der Waals surface area (Å²) in [5.41, 5.74) is 3.95. The van der Waals surface area contributed by atoms with E-state index in [1.165, 1.54) is 11.1 Å². The maximum atomic E-state index is 10.5. The van der Waals surface area contributed by atoms with Crippen LogP contribution in [0.1, 0.15) is 12.0 Å². The van der Waals surface area contributed by atoms with E-state index in [9.17, 15) is 18.3 Å². The number of carboxylic acids is 1. The van der Waals surface area contributed by atoms with Gasteiger partial charge in [0.2, 0.25) is 5.75 Å². The van der Waals surface area contributed by atoms with Gasteiger partial charge >= 0.3 is 6.18 Å². The molecule has 0 amide bonds. The number of carboxylic acid groups (broad SMARTS) is 1. The lowest BCUT2D eigenvalue weighted by Crippen LogP contribution is -2.61. The minimum absolute atomic E-state index is 0.270. The first-order valence-corrected chi connectivity index (χ1v) is 9.39. The van der Waals surface area contributed by atoms with Crippen LogP contribution in [-0.4, -0.2) is 43.7 Å². The van der Waals surface area contributed by atoms with Crippen LogP contribution in [0.3, 0.4) is 0 Å². The Bertz CT molecular complexity index is 1130. The molecule has 0 unspecified atom stereocenters. The number of phenols is 1. The zero-order valence-electron chi connectivity index (χ0n) is 16.5. The van der Waals surface area contributed by atoms with Crippen LogP contribution in [0.4, 0.5) is 24.5 Å². The number of hydrogen-bond donors (Lipinski definition) is 3. The van der Waals surface area contributed by atoms with Crippen LogP contribution in [0, 0.1) is 0 Å². The Morgan fingerprint density at radius 2 is 2.00 bits per heavy atom. The van der Waals surface area contributed by atoms with Gasteiger partial charge in [0, 0.05) is 18.7 Å². The Morgan fingerprint density at radius 3 is 2.61 bits per heavy atom. The van der Waals surface area contributed by atoms with E-state index in [1.54, 1.807) is 7.11 Å². The van der Waals surface area contributed by atoms with E-state index in [-0.39, 0.29) is 5.75 Å². The Kier molecular flexibility index (Phi) is 6.47. The number of aliphatic carboxylic acids is 1.